The van der Waals surface area contributed by atoms with Crippen molar-refractivity contribution < 1.29 is 17.6 Å². The van der Waals surface area contributed by atoms with E-state index in [1.807, 2.05) is 27.7 Å². The molecule has 0 aliphatic rings. The summed E-state index contributed by atoms with van der Waals surface area (Å²) in [6.45, 7) is 8.00. The topological polar surface area (TPSA) is 24.9 Å². The summed E-state index contributed by atoms with van der Waals surface area (Å²) in [6, 6.07) is 14.8. The number of alkyl halides is 3. The number of aromatic nitrogens is 1. The van der Waals surface area contributed by atoms with Crippen LogP contribution in [-0.4, -0.2) is 4.98 Å². The third kappa shape index (κ3) is 6.37. The van der Waals surface area contributed by atoms with Crippen LogP contribution >= 0.6 is 0 Å². The maximum atomic E-state index is 13.3. The quantitative estimate of drug-likeness (QED) is 0.365. The smallest absolute Gasteiger partial charge is 0.355 e. The SMILES string of the molecule is CC.CC.Fc1cc(-c2ccccc2Nc2ccc(C(F)(F)F)cc2)ccn1. The van der Waals surface area contributed by atoms with Crippen LogP contribution in [-0.2, 0) is 6.18 Å². The Labute approximate surface area is 163 Å². The summed E-state index contributed by atoms with van der Waals surface area (Å²) >= 11 is 0. The van der Waals surface area contributed by atoms with Crippen molar-refractivity contribution in [2.45, 2.75) is 33.9 Å². The van der Waals surface area contributed by atoms with Gasteiger partial charge in [0.05, 0.1) is 5.56 Å². The van der Waals surface area contributed by atoms with Gasteiger partial charge in [-0.05, 0) is 42.0 Å². The molecule has 0 atom stereocenters. The van der Waals surface area contributed by atoms with Crippen molar-refractivity contribution in [1.82, 2.24) is 4.98 Å². The van der Waals surface area contributed by atoms with Gasteiger partial charge in [0.2, 0.25) is 5.95 Å². The molecule has 0 fully saturated rings. The van der Waals surface area contributed by atoms with Gasteiger partial charge in [-0.15, -0.1) is 0 Å². The lowest BCUT2D eigenvalue weighted by Crippen LogP contribution is -2.04. The molecule has 0 aliphatic carbocycles. The molecular weight excluding hydrogens is 368 g/mol. The molecule has 0 saturated heterocycles. The minimum absolute atomic E-state index is 0.505. The number of nitrogens with one attached hydrogen (secondary N) is 1. The summed E-state index contributed by atoms with van der Waals surface area (Å²) in [4.78, 5) is 3.52. The van der Waals surface area contributed by atoms with E-state index < -0.39 is 17.7 Å². The zero-order chi connectivity index (χ0) is 21.2. The van der Waals surface area contributed by atoms with Crippen molar-refractivity contribution in [2.75, 3.05) is 5.32 Å². The van der Waals surface area contributed by atoms with Gasteiger partial charge in [-0.2, -0.15) is 17.6 Å². The first kappa shape index (κ1) is 23.1. The van der Waals surface area contributed by atoms with Crippen molar-refractivity contribution in [3.63, 3.8) is 0 Å². The molecular formula is C22H24F4N2. The first-order valence-corrected chi connectivity index (χ1v) is 9.09. The molecule has 0 unspecified atom stereocenters. The highest BCUT2D eigenvalue weighted by Gasteiger charge is 2.29. The molecule has 1 aromatic heterocycles. The Hall–Kier alpha value is -2.89. The Morgan fingerprint density at radius 3 is 2.00 bits per heavy atom. The summed E-state index contributed by atoms with van der Waals surface area (Å²) in [7, 11) is 0. The van der Waals surface area contributed by atoms with E-state index in [0.29, 0.717) is 16.9 Å². The van der Waals surface area contributed by atoms with Crippen LogP contribution < -0.4 is 5.32 Å². The average molecular weight is 392 g/mol. The number of para-hydroxylation sites is 1. The van der Waals surface area contributed by atoms with Crippen molar-refractivity contribution in [1.29, 1.82) is 0 Å². The maximum absolute atomic E-state index is 13.3. The second-order valence-electron chi connectivity index (χ2n) is 5.11. The van der Waals surface area contributed by atoms with Gasteiger partial charge in [-0.25, -0.2) is 4.98 Å². The van der Waals surface area contributed by atoms with Crippen molar-refractivity contribution in [3.8, 4) is 11.1 Å². The first-order chi connectivity index (χ1) is 13.4. The zero-order valence-electron chi connectivity index (χ0n) is 16.3. The number of nitrogens with zero attached hydrogens (tertiary/aromatic N) is 1. The van der Waals surface area contributed by atoms with E-state index in [-0.39, 0.29) is 0 Å². The zero-order valence-corrected chi connectivity index (χ0v) is 16.3. The fourth-order valence-electron chi connectivity index (χ4n) is 2.31. The monoisotopic (exact) mass is 392 g/mol. The number of hydrogen-bond donors (Lipinski definition) is 1. The molecule has 3 aromatic rings. The summed E-state index contributed by atoms with van der Waals surface area (Å²) < 4.78 is 51.2. The normalized spacial score (nSPS) is 10.1. The van der Waals surface area contributed by atoms with Crippen LogP contribution in [0.15, 0.2) is 66.9 Å². The number of anilines is 2. The highest BCUT2D eigenvalue weighted by atomic mass is 19.4. The number of pyridine rings is 1. The third-order valence-electron chi connectivity index (χ3n) is 3.46. The molecule has 0 spiro atoms. The molecule has 28 heavy (non-hydrogen) atoms. The molecule has 1 heterocycles. The number of hydrogen-bond acceptors (Lipinski definition) is 2. The molecule has 6 heteroatoms. The molecule has 3 rings (SSSR count). The molecule has 0 bridgehead atoms. The van der Waals surface area contributed by atoms with Gasteiger partial charge in [0.15, 0.2) is 0 Å². The Bertz CT molecular complexity index is 844. The Kier molecular flexibility index (Phi) is 9.15. The van der Waals surface area contributed by atoms with Gasteiger partial charge in [0.25, 0.3) is 0 Å². The van der Waals surface area contributed by atoms with Crippen LogP contribution in [0.4, 0.5) is 28.9 Å². The lowest BCUT2D eigenvalue weighted by atomic mass is 10.0. The molecule has 0 radical (unpaired) electrons. The molecule has 1 N–H and O–H groups in total. The van der Waals surface area contributed by atoms with Crippen molar-refractivity contribution >= 4 is 11.4 Å². The van der Waals surface area contributed by atoms with E-state index in [0.717, 1.165) is 17.7 Å². The Balaban J connectivity index is 0.000000921. The van der Waals surface area contributed by atoms with Gasteiger partial charge in [-0.3, -0.25) is 0 Å². The average Bonchev–Trinajstić information content (AvgIpc) is 2.71. The van der Waals surface area contributed by atoms with Gasteiger partial charge < -0.3 is 5.32 Å². The van der Waals surface area contributed by atoms with Gasteiger partial charge in [0, 0.05) is 29.2 Å². The van der Waals surface area contributed by atoms with Crippen LogP contribution in [0.5, 0.6) is 0 Å². The third-order valence-corrected chi connectivity index (χ3v) is 3.46. The predicted octanol–water partition coefficient (Wildman–Crippen LogP) is 7.70. The first-order valence-electron chi connectivity index (χ1n) is 9.09. The van der Waals surface area contributed by atoms with Crippen LogP contribution in [0, 0.1) is 5.95 Å². The lowest BCUT2D eigenvalue weighted by Gasteiger charge is -2.13. The highest BCUT2D eigenvalue weighted by Crippen LogP contribution is 2.33. The Morgan fingerprint density at radius 1 is 0.821 bits per heavy atom. The lowest BCUT2D eigenvalue weighted by molar-refractivity contribution is -0.137. The predicted molar refractivity (Wildman–Crippen MR) is 107 cm³/mol. The molecule has 2 nitrogen and oxygen atoms in total. The van der Waals surface area contributed by atoms with Crippen molar-refractivity contribution in [2.24, 2.45) is 0 Å². The molecule has 0 aliphatic heterocycles. The summed E-state index contributed by atoms with van der Waals surface area (Å²) in [5.41, 5.74) is 1.79. The molecule has 150 valence electrons. The van der Waals surface area contributed by atoms with E-state index in [1.165, 1.54) is 24.4 Å². The van der Waals surface area contributed by atoms with Crippen LogP contribution in [0.2, 0.25) is 0 Å². The summed E-state index contributed by atoms with van der Waals surface area (Å²) in [6.07, 6.45) is -3.01. The van der Waals surface area contributed by atoms with Crippen LogP contribution in [0.1, 0.15) is 33.3 Å². The fraction of sp³-hybridized carbons (Fsp3) is 0.227. The minimum Gasteiger partial charge on any atom is -0.355 e. The van der Waals surface area contributed by atoms with E-state index in [9.17, 15) is 17.6 Å². The molecule has 2 aromatic carbocycles. The summed E-state index contributed by atoms with van der Waals surface area (Å²) in [5.74, 6) is -0.600. The largest absolute Gasteiger partial charge is 0.416 e. The second kappa shape index (κ2) is 11.1. The number of benzene rings is 2. The fourth-order valence-corrected chi connectivity index (χ4v) is 2.31. The highest BCUT2D eigenvalue weighted by molar-refractivity contribution is 5.80. The van der Waals surface area contributed by atoms with E-state index >= 15 is 0 Å². The second-order valence-corrected chi connectivity index (χ2v) is 5.11. The molecule has 0 amide bonds. The minimum atomic E-state index is -4.37. The van der Waals surface area contributed by atoms with Crippen LogP contribution in [0.25, 0.3) is 11.1 Å². The summed E-state index contributed by atoms with van der Waals surface area (Å²) in [5, 5.41) is 3.06. The van der Waals surface area contributed by atoms with E-state index in [4.69, 9.17) is 0 Å². The van der Waals surface area contributed by atoms with Gasteiger partial charge in [-0.1, -0.05) is 45.9 Å². The standard InChI is InChI=1S/C18H12F4N2.2C2H6/c19-17-11-12(9-10-23-17)15-3-1-2-4-16(15)24-14-7-5-13(6-8-14)18(20,21)22;2*1-2/h1-11,24H;2*1-2H3. The van der Waals surface area contributed by atoms with Gasteiger partial charge >= 0.3 is 6.18 Å². The van der Waals surface area contributed by atoms with Gasteiger partial charge in [0.1, 0.15) is 0 Å². The number of rotatable bonds is 3. The number of halogens is 4. The Morgan fingerprint density at radius 2 is 1.43 bits per heavy atom. The maximum Gasteiger partial charge on any atom is 0.416 e. The van der Waals surface area contributed by atoms with E-state index in [1.54, 1.807) is 30.3 Å². The van der Waals surface area contributed by atoms with Crippen LogP contribution in [0.3, 0.4) is 0 Å². The van der Waals surface area contributed by atoms with Crippen molar-refractivity contribution in [3.05, 3.63) is 78.4 Å². The van der Waals surface area contributed by atoms with E-state index in [2.05, 4.69) is 10.3 Å². The molecule has 0 saturated carbocycles.